The Morgan fingerprint density at radius 1 is 0.385 bits per heavy atom. The van der Waals surface area contributed by atoms with Crippen LogP contribution in [0.5, 0.6) is 0 Å². The molecular formula is C69H67BrClF10N3O9S3. The van der Waals surface area contributed by atoms with E-state index >= 15 is 0 Å². The summed E-state index contributed by atoms with van der Waals surface area (Å²) in [5, 5.41) is 15.5. The summed E-state index contributed by atoms with van der Waals surface area (Å²) in [6.07, 6.45) is -6.76. The lowest BCUT2D eigenvalue weighted by molar-refractivity contribution is 0.0984. The van der Waals surface area contributed by atoms with Gasteiger partial charge in [-0.05, 0) is 187 Å². The van der Waals surface area contributed by atoms with Gasteiger partial charge < -0.3 is 0 Å². The van der Waals surface area contributed by atoms with E-state index in [9.17, 15) is 83.5 Å². The van der Waals surface area contributed by atoms with Crippen LogP contribution in [0.2, 0.25) is 0 Å². The van der Waals surface area contributed by atoms with E-state index in [1.807, 2.05) is 0 Å². The Kier molecular flexibility index (Phi) is 29.1. The average molecular weight is 1480 g/mol. The molecule has 0 radical (unpaired) electrons. The number of benzene rings is 8. The van der Waals surface area contributed by atoms with Gasteiger partial charge in [-0.15, -0.1) is 12.4 Å². The van der Waals surface area contributed by atoms with Gasteiger partial charge in [-0.2, -0.15) is 0 Å². The van der Waals surface area contributed by atoms with E-state index in [0.29, 0.717) is 85.2 Å². The molecular weight excluding hydrogens is 1420 g/mol. The number of hydrogen-bond acceptors (Lipinski definition) is 9. The van der Waals surface area contributed by atoms with Crippen molar-refractivity contribution in [2.24, 2.45) is 15.4 Å². The number of Topliss-reactive ketones (excluding diaryl/α,β-unsaturated/α-hetero) is 3. The molecule has 6 N–H and O–H groups in total. The molecule has 8 aromatic carbocycles. The molecule has 0 aromatic heterocycles. The molecule has 8 rings (SSSR count). The minimum atomic E-state index is -3.88. The summed E-state index contributed by atoms with van der Waals surface area (Å²) in [4.78, 5) is 38.4. The molecule has 0 fully saturated rings. The SMILES string of the molecule is Cc1cc(CC(=O)c2ccc(-c3ccc(F)cc3F)c(CCCC(F)F)c2)ccc1S(N)(=O)=O.Cc1cc(CC(=O)c2ccc(-c3ccc(F)cc3F)c(CCCC(F)F)c2)ccc1S(N)(=O)=O.Cc1cc(CC(=O)c2ccc(Br)c(CCCC(F)F)c2)ccc1S(N)(=O)=O.Cl. The first-order valence-corrected chi connectivity index (χ1v) is 34.7. The maximum absolute atomic E-state index is 14.4. The standard InChI is InChI=1S/2C25H23F4NO3S.C19H20BrF2NO3S.ClH/c2*1-15-11-16(5-10-24(15)34(30,32)33)12-23(31)18-6-8-20(17(13-18)3-2-4-25(28)29)21-9-7-19(26)14-22(21)27;1-12-9-13(5-8-18(12)27(23,25)26)10-17(24)15-6-7-16(20)14(11-15)3-2-4-19(21)22;/h2*5-11,13-14,25H,2-4,12H2,1H3,(H2,30,32,33);5-9,11,19H,2-4,10H2,1H3,(H2,23,25,26);1H. The lowest BCUT2D eigenvalue weighted by atomic mass is 9.91. The molecule has 0 aliphatic carbocycles. The molecule has 12 nitrogen and oxygen atoms in total. The Balaban J connectivity index is 0.000000261. The summed E-state index contributed by atoms with van der Waals surface area (Å²) < 4.78 is 201. The fraction of sp³-hybridized carbons (Fsp3) is 0.261. The fourth-order valence-corrected chi connectivity index (χ4v) is 13.2. The van der Waals surface area contributed by atoms with Crippen molar-refractivity contribution >= 4 is 75.8 Å². The van der Waals surface area contributed by atoms with Crippen molar-refractivity contribution < 1.29 is 83.5 Å². The quantitative estimate of drug-likeness (QED) is 0.0345. The number of aryl methyl sites for hydroxylation is 6. The number of halogens is 12. The Hall–Kier alpha value is -7.43. The van der Waals surface area contributed by atoms with Crippen LogP contribution in [0.1, 0.15) is 120 Å². The highest BCUT2D eigenvalue weighted by Gasteiger charge is 2.21. The topological polar surface area (TPSA) is 232 Å². The number of hydrogen-bond donors (Lipinski definition) is 3. The van der Waals surface area contributed by atoms with E-state index in [-0.39, 0.29) is 120 Å². The van der Waals surface area contributed by atoms with Crippen LogP contribution in [0.4, 0.5) is 43.9 Å². The summed E-state index contributed by atoms with van der Waals surface area (Å²) in [6, 6.07) is 33.9. The summed E-state index contributed by atoms with van der Waals surface area (Å²) in [5.41, 5.74) is 7.01. The first kappa shape index (κ1) is 79.3. The summed E-state index contributed by atoms with van der Waals surface area (Å²) >= 11 is 3.38. The van der Waals surface area contributed by atoms with Crippen LogP contribution in [-0.2, 0) is 68.6 Å². The number of rotatable bonds is 26. The van der Waals surface area contributed by atoms with Crippen LogP contribution in [-0.4, -0.2) is 61.9 Å². The van der Waals surface area contributed by atoms with E-state index in [0.717, 1.165) is 34.3 Å². The van der Waals surface area contributed by atoms with Crippen LogP contribution in [0, 0.1) is 44.0 Å². The third-order valence-electron chi connectivity index (χ3n) is 15.0. The summed E-state index contributed by atoms with van der Waals surface area (Å²) in [7, 11) is -11.6. The fourth-order valence-electron chi connectivity index (χ4n) is 10.5. The predicted molar refractivity (Wildman–Crippen MR) is 354 cm³/mol. The van der Waals surface area contributed by atoms with Gasteiger partial charge in [0.15, 0.2) is 17.3 Å². The highest BCUT2D eigenvalue weighted by Crippen LogP contribution is 2.33. The molecule has 96 heavy (non-hydrogen) atoms. The maximum Gasteiger partial charge on any atom is 0.238 e. The van der Waals surface area contributed by atoms with Crippen molar-refractivity contribution in [3.63, 3.8) is 0 Å². The molecule has 0 bridgehead atoms. The van der Waals surface area contributed by atoms with E-state index in [1.54, 1.807) is 63.2 Å². The predicted octanol–water partition coefficient (Wildman–Crippen LogP) is 16.0. The van der Waals surface area contributed by atoms with Gasteiger partial charge in [0.1, 0.15) is 23.3 Å². The van der Waals surface area contributed by atoms with Crippen LogP contribution >= 0.6 is 28.3 Å². The van der Waals surface area contributed by atoms with E-state index in [4.69, 9.17) is 15.4 Å². The van der Waals surface area contributed by atoms with Gasteiger partial charge in [0.2, 0.25) is 49.3 Å². The van der Waals surface area contributed by atoms with Crippen molar-refractivity contribution in [1.29, 1.82) is 0 Å². The summed E-state index contributed by atoms with van der Waals surface area (Å²) in [5.74, 6) is -3.78. The number of carbonyl (C=O) groups excluding carboxylic acids is 3. The number of sulfonamides is 3. The van der Waals surface area contributed by atoms with Crippen molar-refractivity contribution in [2.45, 2.75) is 132 Å². The Bertz CT molecular complexity index is 4290. The highest BCUT2D eigenvalue weighted by atomic mass is 79.9. The molecule has 8 aromatic rings. The first-order chi connectivity index (χ1) is 44.5. The van der Waals surface area contributed by atoms with Gasteiger partial charge in [-0.25, -0.2) is 84.6 Å². The Morgan fingerprint density at radius 3 is 0.948 bits per heavy atom. The minimum Gasteiger partial charge on any atom is -0.294 e. The first-order valence-electron chi connectivity index (χ1n) is 29.2. The summed E-state index contributed by atoms with van der Waals surface area (Å²) in [6.45, 7) is 4.76. The van der Waals surface area contributed by atoms with Gasteiger partial charge in [-0.3, -0.25) is 14.4 Å². The van der Waals surface area contributed by atoms with E-state index < -0.39 is 72.6 Å². The molecule has 0 spiro atoms. The second-order valence-electron chi connectivity index (χ2n) is 22.4. The molecule has 0 heterocycles. The number of ketones is 3. The molecule has 0 aliphatic rings. The van der Waals surface area contributed by atoms with E-state index in [1.165, 1.54) is 78.9 Å². The number of alkyl halides is 6. The largest absolute Gasteiger partial charge is 0.294 e. The third kappa shape index (κ3) is 23.4. The lowest BCUT2D eigenvalue weighted by Crippen LogP contribution is -2.14. The molecule has 0 saturated heterocycles. The molecule has 0 unspecified atom stereocenters. The molecule has 0 amide bonds. The second kappa shape index (κ2) is 35.2. The van der Waals surface area contributed by atoms with Gasteiger partial charge in [0.05, 0.1) is 14.7 Å². The van der Waals surface area contributed by atoms with Gasteiger partial charge in [0.25, 0.3) is 0 Å². The third-order valence-corrected chi connectivity index (χ3v) is 19.0. The van der Waals surface area contributed by atoms with Gasteiger partial charge >= 0.3 is 0 Å². The highest BCUT2D eigenvalue weighted by molar-refractivity contribution is 9.10. The molecule has 27 heteroatoms. The normalized spacial score (nSPS) is 11.6. The molecule has 514 valence electrons. The Morgan fingerprint density at radius 2 is 0.667 bits per heavy atom. The molecule has 0 atom stereocenters. The van der Waals surface area contributed by atoms with Crippen LogP contribution in [0.25, 0.3) is 22.3 Å². The van der Waals surface area contributed by atoms with Crippen LogP contribution < -0.4 is 15.4 Å². The number of carbonyl (C=O) groups is 3. The van der Waals surface area contributed by atoms with E-state index in [2.05, 4.69) is 15.9 Å². The smallest absolute Gasteiger partial charge is 0.238 e. The second-order valence-corrected chi connectivity index (χ2v) is 27.8. The maximum atomic E-state index is 14.4. The van der Waals surface area contributed by atoms with Crippen molar-refractivity contribution in [3.8, 4) is 22.3 Å². The molecule has 0 saturated carbocycles. The van der Waals surface area contributed by atoms with Crippen molar-refractivity contribution in [2.75, 3.05) is 0 Å². The van der Waals surface area contributed by atoms with Gasteiger partial charge in [0, 0.05) is 82.9 Å². The average Bonchev–Trinajstić information content (AvgIpc) is 0.830. The number of primary sulfonamides is 3. The van der Waals surface area contributed by atoms with Crippen molar-refractivity contribution in [3.05, 3.63) is 240 Å². The zero-order valence-corrected chi connectivity index (χ0v) is 56.6. The lowest BCUT2D eigenvalue weighted by Gasteiger charge is -2.13. The van der Waals surface area contributed by atoms with Crippen LogP contribution in [0.3, 0.4) is 0 Å². The zero-order valence-electron chi connectivity index (χ0n) is 51.8. The van der Waals surface area contributed by atoms with Crippen LogP contribution in [0.15, 0.2) is 165 Å². The zero-order chi connectivity index (χ0) is 70.3. The minimum absolute atomic E-state index is 0. The molecule has 0 aliphatic heterocycles. The number of nitrogens with two attached hydrogens (primary N) is 3. The van der Waals surface area contributed by atoms with Gasteiger partial charge in [-0.1, -0.05) is 82.7 Å². The monoisotopic (exact) mass is 1480 g/mol. The Labute approximate surface area is 565 Å². The van der Waals surface area contributed by atoms with Crippen molar-refractivity contribution in [1.82, 2.24) is 0 Å².